The van der Waals surface area contributed by atoms with Gasteiger partial charge in [0.15, 0.2) is 0 Å². The lowest BCUT2D eigenvalue weighted by Crippen LogP contribution is -2.11. The smallest absolute Gasteiger partial charge is 0.0121 e. The third-order valence-corrected chi connectivity index (χ3v) is 2.78. The van der Waals surface area contributed by atoms with E-state index in [2.05, 4.69) is 19.6 Å². The summed E-state index contributed by atoms with van der Waals surface area (Å²) in [6.07, 6.45) is 10.5. The molecule has 1 saturated carbocycles. The quantitative estimate of drug-likeness (QED) is 0.523. The van der Waals surface area contributed by atoms with Crippen molar-refractivity contribution in [1.29, 1.82) is 0 Å². The summed E-state index contributed by atoms with van der Waals surface area (Å²) in [6, 6.07) is 0. The summed E-state index contributed by atoms with van der Waals surface area (Å²) in [5, 5.41) is 0. The molecule has 0 heterocycles. The molecule has 0 atom stereocenters. The number of rotatable bonds is 3. The zero-order valence-electron chi connectivity index (χ0n) is 7.03. The molecule has 0 amide bonds. The van der Waals surface area contributed by atoms with Crippen molar-refractivity contribution in [2.24, 2.45) is 5.41 Å². The molecular formula is C10H18. The van der Waals surface area contributed by atoms with Crippen molar-refractivity contribution in [3.63, 3.8) is 0 Å². The summed E-state index contributed by atoms with van der Waals surface area (Å²) in [7, 11) is 0. The van der Waals surface area contributed by atoms with Crippen molar-refractivity contribution in [2.75, 3.05) is 0 Å². The predicted molar refractivity (Wildman–Crippen MR) is 46.0 cm³/mol. The SMILES string of the molecule is C=CC1(CCC)CCCC1. The molecule has 0 spiro atoms. The maximum absolute atomic E-state index is 3.93. The Labute approximate surface area is 64.3 Å². The number of allylic oxidation sites excluding steroid dienone is 1. The molecule has 0 aliphatic heterocycles. The van der Waals surface area contributed by atoms with Gasteiger partial charge in [0.25, 0.3) is 0 Å². The van der Waals surface area contributed by atoms with Crippen molar-refractivity contribution in [1.82, 2.24) is 0 Å². The van der Waals surface area contributed by atoms with Crippen LogP contribution < -0.4 is 0 Å². The number of hydrogen-bond acceptors (Lipinski definition) is 0. The highest BCUT2D eigenvalue weighted by molar-refractivity contribution is 4.97. The van der Waals surface area contributed by atoms with Gasteiger partial charge in [0.2, 0.25) is 0 Å². The van der Waals surface area contributed by atoms with E-state index in [9.17, 15) is 0 Å². The van der Waals surface area contributed by atoms with Gasteiger partial charge in [0.1, 0.15) is 0 Å². The van der Waals surface area contributed by atoms with E-state index in [0.717, 1.165) is 0 Å². The Kier molecular flexibility index (Phi) is 2.53. The molecule has 1 aliphatic carbocycles. The molecule has 1 fully saturated rings. The first-order valence-electron chi connectivity index (χ1n) is 4.46. The van der Waals surface area contributed by atoms with Gasteiger partial charge in [-0.05, 0) is 24.7 Å². The normalized spacial score (nSPS) is 22.9. The Morgan fingerprint density at radius 3 is 2.40 bits per heavy atom. The van der Waals surface area contributed by atoms with Crippen LogP contribution in [0.4, 0.5) is 0 Å². The van der Waals surface area contributed by atoms with Crippen LogP contribution in [0.2, 0.25) is 0 Å². The molecule has 0 radical (unpaired) electrons. The van der Waals surface area contributed by atoms with Gasteiger partial charge in [-0.1, -0.05) is 32.3 Å². The van der Waals surface area contributed by atoms with Gasteiger partial charge in [-0.3, -0.25) is 0 Å². The zero-order valence-corrected chi connectivity index (χ0v) is 7.03. The van der Waals surface area contributed by atoms with E-state index in [1.54, 1.807) is 0 Å². The van der Waals surface area contributed by atoms with Crippen LogP contribution in [0.25, 0.3) is 0 Å². The average Bonchev–Trinajstić information content (AvgIpc) is 2.39. The summed E-state index contributed by atoms with van der Waals surface area (Å²) >= 11 is 0. The van der Waals surface area contributed by atoms with E-state index >= 15 is 0 Å². The first kappa shape index (κ1) is 7.84. The summed E-state index contributed by atoms with van der Waals surface area (Å²) in [4.78, 5) is 0. The summed E-state index contributed by atoms with van der Waals surface area (Å²) in [5.41, 5.74) is 0.550. The van der Waals surface area contributed by atoms with Crippen LogP contribution in [0, 0.1) is 5.41 Å². The lowest BCUT2D eigenvalue weighted by Gasteiger charge is -2.23. The molecular weight excluding hydrogens is 120 g/mol. The van der Waals surface area contributed by atoms with E-state index in [1.807, 2.05) is 0 Å². The third-order valence-electron chi connectivity index (χ3n) is 2.78. The van der Waals surface area contributed by atoms with E-state index in [1.165, 1.54) is 38.5 Å². The maximum Gasteiger partial charge on any atom is -0.0121 e. The Hall–Kier alpha value is -0.260. The van der Waals surface area contributed by atoms with Gasteiger partial charge in [0.05, 0.1) is 0 Å². The van der Waals surface area contributed by atoms with Crippen LogP contribution >= 0.6 is 0 Å². The second-order valence-corrected chi connectivity index (χ2v) is 3.52. The summed E-state index contributed by atoms with van der Waals surface area (Å²) in [5.74, 6) is 0. The second-order valence-electron chi connectivity index (χ2n) is 3.52. The minimum Gasteiger partial charge on any atom is -0.103 e. The molecule has 1 rings (SSSR count). The number of hydrogen-bond donors (Lipinski definition) is 0. The fraction of sp³-hybridized carbons (Fsp3) is 0.800. The summed E-state index contributed by atoms with van der Waals surface area (Å²) in [6.45, 7) is 6.20. The molecule has 0 nitrogen and oxygen atoms in total. The molecule has 0 heteroatoms. The van der Waals surface area contributed by atoms with Crippen molar-refractivity contribution in [3.8, 4) is 0 Å². The van der Waals surface area contributed by atoms with E-state index in [-0.39, 0.29) is 0 Å². The minimum absolute atomic E-state index is 0.550. The molecule has 0 saturated heterocycles. The van der Waals surface area contributed by atoms with Gasteiger partial charge in [-0.15, -0.1) is 6.58 Å². The van der Waals surface area contributed by atoms with E-state index < -0.39 is 0 Å². The maximum atomic E-state index is 3.93. The topological polar surface area (TPSA) is 0 Å². The van der Waals surface area contributed by atoms with Crippen LogP contribution in [0.3, 0.4) is 0 Å². The molecule has 58 valence electrons. The summed E-state index contributed by atoms with van der Waals surface area (Å²) < 4.78 is 0. The molecule has 1 aliphatic rings. The van der Waals surface area contributed by atoms with Crippen molar-refractivity contribution >= 4 is 0 Å². The van der Waals surface area contributed by atoms with E-state index in [4.69, 9.17) is 0 Å². The van der Waals surface area contributed by atoms with E-state index in [0.29, 0.717) is 5.41 Å². The Bertz CT molecular complexity index is 107. The molecule has 10 heavy (non-hydrogen) atoms. The van der Waals surface area contributed by atoms with Crippen LogP contribution in [0.1, 0.15) is 45.4 Å². The first-order valence-corrected chi connectivity index (χ1v) is 4.46. The van der Waals surface area contributed by atoms with Crippen molar-refractivity contribution in [3.05, 3.63) is 12.7 Å². The van der Waals surface area contributed by atoms with Crippen LogP contribution in [0.15, 0.2) is 12.7 Å². The van der Waals surface area contributed by atoms with Gasteiger partial charge < -0.3 is 0 Å². The molecule has 0 bridgehead atoms. The van der Waals surface area contributed by atoms with Crippen LogP contribution in [-0.4, -0.2) is 0 Å². The Balaban J connectivity index is 2.49. The second kappa shape index (κ2) is 3.23. The third kappa shape index (κ3) is 1.42. The Morgan fingerprint density at radius 1 is 1.40 bits per heavy atom. The lowest BCUT2D eigenvalue weighted by atomic mass is 9.82. The monoisotopic (exact) mass is 138 g/mol. The molecule has 0 aromatic rings. The highest BCUT2D eigenvalue weighted by Gasteiger charge is 2.28. The fourth-order valence-corrected chi connectivity index (χ4v) is 2.13. The lowest BCUT2D eigenvalue weighted by molar-refractivity contribution is 0.360. The van der Waals surface area contributed by atoms with Gasteiger partial charge in [-0.2, -0.15) is 0 Å². The highest BCUT2D eigenvalue weighted by Crippen LogP contribution is 2.42. The van der Waals surface area contributed by atoms with Crippen molar-refractivity contribution in [2.45, 2.75) is 45.4 Å². The average molecular weight is 138 g/mol. The van der Waals surface area contributed by atoms with Crippen molar-refractivity contribution < 1.29 is 0 Å². The van der Waals surface area contributed by atoms with Crippen LogP contribution in [-0.2, 0) is 0 Å². The van der Waals surface area contributed by atoms with Gasteiger partial charge in [-0.25, -0.2) is 0 Å². The van der Waals surface area contributed by atoms with Gasteiger partial charge >= 0.3 is 0 Å². The minimum atomic E-state index is 0.550. The first-order chi connectivity index (χ1) is 4.83. The molecule has 0 aromatic heterocycles. The highest BCUT2D eigenvalue weighted by atomic mass is 14.3. The Morgan fingerprint density at radius 2 is 2.00 bits per heavy atom. The largest absolute Gasteiger partial charge is 0.103 e. The fourth-order valence-electron chi connectivity index (χ4n) is 2.13. The predicted octanol–water partition coefficient (Wildman–Crippen LogP) is 3.53. The van der Waals surface area contributed by atoms with Gasteiger partial charge in [0, 0.05) is 0 Å². The molecule has 0 unspecified atom stereocenters. The molecule has 0 aromatic carbocycles. The zero-order chi connectivity index (χ0) is 7.45. The molecule has 0 N–H and O–H groups in total. The standard InChI is InChI=1S/C10H18/c1-3-7-10(4-2)8-5-6-9-10/h4H,2-3,5-9H2,1H3. The van der Waals surface area contributed by atoms with Crippen LogP contribution in [0.5, 0.6) is 0 Å².